The van der Waals surface area contributed by atoms with Gasteiger partial charge in [-0.15, -0.1) is 0 Å². The number of para-hydroxylation sites is 1. The number of rotatable bonds is 5. The Balaban J connectivity index is 1.74. The molecule has 1 saturated heterocycles. The molecule has 0 unspecified atom stereocenters. The lowest BCUT2D eigenvalue weighted by atomic mass is 10.1. The number of nitrogens with one attached hydrogen (secondary N) is 2. The quantitative estimate of drug-likeness (QED) is 0.834. The van der Waals surface area contributed by atoms with Crippen LogP contribution in [-0.2, 0) is 14.8 Å². The second kappa shape index (κ2) is 6.54. The second-order valence-electron chi connectivity index (χ2n) is 6.19. The lowest BCUT2D eigenvalue weighted by molar-refractivity contribution is 0.0927. The molecule has 0 radical (unpaired) electrons. The zero-order chi connectivity index (χ0) is 17.3. The van der Waals surface area contributed by atoms with Crippen molar-refractivity contribution in [2.24, 2.45) is 5.92 Å². The minimum Gasteiger partial charge on any atom is -0.379 e. The number of sulfonamides is 1. The van der Waals surface area contributed by atoms with Crippen LogP contribution in [0.3, 0.4) is 0 Å². The van der Waals surface area contributed by atoms with Crippen LogP contribution in [0, 0.1) is 5.92 Å². The summed E-state index contributed by atoms with van der Waals surface area (Å²) in [6, 6.07) is 7.23. The Morgan fingerprint density at radius 2 is 2.08 bits per heavy atom. The van der Waals surface area contributed by atoms with E-state index in [2.05, 4.69) is 10.3 Å². The van der Waals surface area contributed by atoms with Gasteiger partial charge in [0.15, 0.2) is 0 Å². The standard InChI is InChI=1S/C16H21N3O4S/c1-19(2)24(21,22)10-11-8-23-9-15(11)18-16(20)13-7-17-14-6-4-3-5-12(13)14/h3-7,11,15,17H,8-10H2,1-2H3,(H,18,20)/t11-,15+/m0/s1. The van der Waals surface area contributed by atoms with Gasteiger partial charge in [-0.05, 0) is 6.07 Å². The minimum atomic E-state index is -3.34. The van der Waals surface area contributed by atoms with Crippen LogP contribution in [0.4, 0.5) is 0 Å². The van der Waals surface area contributed by atoms with Crippen molar-refractivity contribution in [1.29, 1.82) is 0 Å². The van der Waals surface area contributed by atoms with Crippen molar-refractivity contribution in [2.45, 2.75) is 6.04 Å². The molecule has 0 saturated carbocycles. The average molecular weight is 351 g/mol. The van der Waals surface area contributed by atoms with Crippen LogP contribution in [-0.4, -0.2) is 62.7 Å². The number of aromatic amines is 1. The lowest BCUT2D eigenvalue weighted by Gasteiger charge is -2.20. The van der Waals surface area contributed by atoms with Gasteiger partial charge in [-0.2, -0.15) is 0 Å². The maximum absolute atomic E-state index is 12.6. The summed E-state index contributed by atoms with van der Waals surface area (Å²) in [7, 11) is -0.334. The molecule has 1 aliphatic heterocycles. The summed E-state index contributed by atoms with van der Waals surface area (Å²) >= 11 is 0. The Hall–Kier alpha value is -1.90. The Morgan fingerprint density at radius 1 is 1.33 bits per heavy atom. The number of ether oxygens (including phenoxy) is 1. The first kappa shape index (κ1) is 16.9. The number of H-pyrrole nitrogens is 1. The first-order chi connectivity index (χ1) is 11.4. The van der Waals surface area contributed by atoms with Crippen molar-refractivity contribution in [3.8, 4) is 0 Å². The van der Waals surface area contributed by atoms with Crippen molar-refractivity contribution in [2.75, 3.05) is 33.1 Å². The summed E-state index contributed by atoms with van der Waals surface area (Å²) in [5.41, 5.74) is 1.43. The fraction of sp³-hybridized carbons (Fsp3) is 0.438. The van der Waals surface area contributed by atoms with E-state index in [1.807, 2.05) is 24.3 Å². The molecule has 2 aromatic rings. The Morgan fingerprint density at radius 3 is 2.83 bits per heavy atom. The van der Waals surface area contributed by atoms with E-state index in [1.54, 1.807) is 6.20 Å². The van der Waals surface area contributed by atoms with E-state index in [9.17, 15) is 13.2 Å². The normalized spacial score (nSPS) is 21.5. The number of benzene rings is 1. The number of carbonyl (C=O) groups is 1. The number of aromatic nitrogens is 1. The summed E-state index contributed by atoms with van der Waals surface area (Å²) < 4.78 is 30.7. The fourth-order valence-electron chi connectivity index (χ4n) is 2.85. The molecule has 1 aromatic heterocycles. The van der Waals surface area contributed by atoms with Gasteiger partial charge >= 0.3 is 0 Å². The highest BCUT2D eigenvalue weighted by atomic mass is 32.2. The van der Waals surface area contributed by atoms with E-state index in [0.29, 0.717) is 18.8 Å². The van der Waals surface area contributed by atoms with Gasteiger partial charge in [-0.25, -0.2) is 12.7 Å². The predicted octanol–water partition coefficient (Wildman–Crippen LogP) is 0.804. The fourth-order valence-corrected chi connectivity index (χ4v) is 4.02. The van der Waals surface area contributed by atoms with Crippen LogP contribution >= 0.6 is 0 Å². The molecular formula is C16H21N3O4S. The lowest BCUT2D eigenvalue weighted by Crippen LogP contribution is -2.43. The molecule has 7 nitrogen and oxygen atoms in total. The highest BCUT2D eigenvalue weighted by Gasteiger charge is 2.34. The van der Waals surface area contributed by atoms with E-state index in [1.165, 1.54) is 18.4 Å². The second-order valence-corrected chi connectivity index (χ2v) is 8.41. The summed E-state index contributed by atoms with van der Waals surface area (Å²) in [4.78, 5) is 15.6. The number of fused-ring (bicyclic) bond motifs is 1. The highest BCUT2D eigenvalue weighted by Crippen LogP contribution is 2.20. The summed E-state index contributed by atoms with van der Waals surface area (Å²) in [5.74, 6) is -0.527. The van der Waals surface area contributed by atoms with E-state index in [0.717, 1.165) is 10.9 Å². The largest absolute Gasteiger partial charge is 0.379 e. The van der Waals surface area contributed by atoms with Crippen LogP contribution in [0.25, 0.3) is 10.9 Å². The van der Waals surface area contributed by atoms with E-state index in [-0.39, 0.29) is 23.6 Å². The first-order valence-corrected chi connectivity index (χ1v) is 9.34. The topological polar surface area (TPSA) is 91.5 Å². The van der Waals surface area contributed by atoms with Gasteiger partial charge in [0.1, 0.15) is 0 Å². The number of nitrogens with zero attached hydrogens (tertiary/aromatic N) is 1. The zero-order valence-corrected chi connectivity index (χ0v) is 14.5. The number of amides is 1. The number of hydrogen-bond acceptors (Lipinski definition) is 4. The van der Waals surface area contributed by atoms with Crippen LogP contribution in [0.1, 0.15) is 10.4 Å². The molecule has 2 heterocycles. The summed E-state index contributed by atoms with van der Waals surface area (Å²) in [5, 5.41) is 3.76. The molecule has 1 aliphatic rings. The SMILES string of the molecule is CN(C)S(=O)(=O)C[C@@H]1COC[C@H]1NC(=O)c1c[nH]c2ccccc12. The van der Waals surface area contributed by atoms with Crippen LogP contribution in [0.5, 0.6) is 0 Å². The minimum absolute atomic E-state index is 0.0428. The van der Waals surface area contributed by atoms with Gasteiger partial charge in [0, 0.05) is 37.1 Å². The Bertz CT molecular complexity index is 844. The van der Waals surface area contributed by atoms with E-state index < -0.39 is 10.0 Å². The highest BCUT2D eigenvalue weighted by molar-refractivity contribution is 7.89. The molecule has 1 amide bonds. The van der Waals surface area contributed by atoms with Gasteiger partial charge in [0.05, 0.1) is 30.6 Å². The van der Waals surface area contributed by atoms with Crippen LogP contribution < -0.4 is 5.32 Å². The molecule has 3 rings (SSSR count). The van der Waals surface area contributed by atoms with Crippen molar-refractivity contribution >= 4 is 26.8 Å². The molecule has 8 heteroatoms. The van der Waals surface area contributed by atoms with Gasteiger partial charge in [-0.1, -0.05) is 18.2 Å². The predicted molar refractivity (Wildman–Crippen MR) is 91.3 cm³/mol. The third-order valence-electron chi connectivity index (χ3n) is 4.33. The average Bonchev–Trinajstić information content (AvgIpc) is 3.13. The zero-order valence-electron chi connectivity index (χ0n) is 13.7. The smallest absolute Gasteiger partial charge is 0.253 e. The number of hydrogen-bond donors (Lipinski definition) is 2. The van der Waals surface area contributed by atoms with Gasteiger partial charge < -0.3 is 15.0 Å². The first-order valence-electron chi connectivity index (χ1n) is 7.73. The van der Waals surface area contributed by atoms with Gasteiger partial charge in [0.25, 0.3) is 5.91 Å². The van der Waals surface area contributed by atoms with E-state index >= 15 is 0 Å². The Kier molecular flexibility index (Phi) is 4.62. The maximum Gasteiger partial charge on any atom is 0.253 e. The van der Waals surface area contributed by atoms with E-state index in [4.69, 9.17) is 4.74 Å². The molecule has 0 aliphatic carbocycles. The van der Waals surface area contributed by atoms with Crippen LogP contribution in [0.15, 0.2) is 30.5 Å². The third kappa shape index (κ3) is 3.31. The van der Waals surface area contributed by atoms with Crippen molar-refractivity contribution in [1.82, 2.24) is 14.6 Å². The molecule has 24 heavy (non-hydrogen) atoms. The molecule has 1 fully saturated rings. The molecular weight excluding hydrogens is 330 g/mol. The van der Waals surface area contributed by atoms with Gasteiger partial charge in [-0.3, -0.25) is 4.79 Å². The molecule has 0 spiro atoms. The van der Waals surface area contributed by atoms with Crippen LogP contribution in [0.2, 0.25) is 0 Å². The molecule has 2 N–H and O–H groups in total. The summed E-state index contributed by atoms with van der Waals surface area (Å²) in [6.07, 6.45) is 1.67. The molecule has 2 atom stereocenters. The van der Waals surface area contributed by atoms with Crippen molar-refractivity contribution in [3.05, 3.63) is 36.0 Å². The maximum atomic E-state index is 12.6. The monoisotopic (exact) mass is 351 g/mol. The van der Waals surface area contributed by atoms with Crippen molar-refractivity contribution in [3.63, 3.8) is 0 Å². The van der Waals surface area contributed by atoms with Crippen molar-refractivity contribution < 1.29 is 17.9 Å². The summed E-state index contributed by atoms with van der Waals surface area (Å²) in [6.45, 7) is 0.646. The molecule has 1 aromatic carbocycles. The third-order valence-corrected chi connectivity index (χ3v) is 6.29. The van der Waals surface area contributed by atoms with Gasteiger partial charge in [0.2, 0.25) is 10.0 Å². The molecule has 130 valence electrons. The Labute approximate surface area is 141 Å². The number of carbonyl (C=O) groups excluding carboxylic acids is 1. The molecule has 0 bridgehead atoms.